The van der Waals surface area contributed by atoms with E-state index in [1.807, 2.05) is 25.7 Å². The van der Waals surface area contributed by atoms with Gasteiger partial charge in [0.15, 0.2) is 0 Å². The van der Waals surface area contributed by atoms with Crippen LogP contribution in [-0.2, 0) is 9.59 Å². The molecule has 0 aromatic rings. The van der Waals surface area contributed by atoms with Gasteiger partial charge in [0.1, 0.15) is 0 Å². The van der Waals surface area contributed by atoms with Crippen molar-refractivity contribution in [3.05, 3.63) is 0 Å². The first-order valence-electron chi connectivity index (χ1n) is 10.7. The summed E-state index contributed by atoms with van der Waals surface area (Å²) in [6.45, 7) is 14.1. The van der Waals surface area contributed by atoms with Crippen LogP contribution in [0.25, 0.3) is 0 Å². The van der Waals surface area contributed by atoms with Crippen LogP contribution in [0.1, 0.15) is 66.2 Å². The Bertz CT molecular complexity index is 466. The molecule has 2 rings (SSSR count). The summed E-state index contributed by atoms with van der Waals surface area (Å²) in [5.41, 5.74) is -0.320. The van der Waals surface area contributed by atoms with Crippen LogP contribution in [0.4, 0.5) is 0 Å². The predicted octanol–water partition coefficient (Wildman–Crippen LogP) is 1.48. The van der Waals surface area contributed by atoms with E-state index in [1.165, 1.54) is 32.4 Å². The van der Waals surface area contributed by atoms with Crippen LogP contribution < -0.4 is 10.2 Å². The van der Waals surface area contributed by atoms with Crippen molar-refractivity contribution >= 4 is 11.8 Å². The zero-order chi connectivity index (χ0) is 19.2. The van der Waals surface area contributed by atoms with Crippen molar-refractivity contribution < 1.29 is 14.5 Å². The molecule has 2 fully saturated rings. The maximum atomic E-state index is 12.5. The van der Waals surface area contributed by atoms with E-state index in [9.17, 15) is 9.59 Å². The minimum absolute atomic E-state index is 0.195. The Labute approximate surface area is 159 Å². The Kier molecular flexibility index (Phi) is 7.93. The Hall–Kier alpha value is -1.10. The first kappa shape index (κ1) is 21.2. The van der Waals surface area contributed by atoms with Crippen LogP contribution in [0.15, 0.2) is 0 Å². The van der Waals surface area contributed by atoms with Gasteiger partial charge in [-0.1, -0.05) is 34.1 Å². The second kappa shape index (κ2) is 9.72. The quantitative estimate of drug-likeness (QED) is 0.748. The molecule has 2 heterocycles. The number of rotatable bonds is 6. The molecule has 5 heteroatoms. The molecule has 0 saturated carbocycles. The third-order valence-corrected chi connectivity index (χ3v) is 6.15. The number of nitrogens with one attached hydrogen (secondary N) is 2. The van der Waals surface area contributed by atoms with Gasteiger partial charge in [0.2, 0.25) is 11.8 Å². The van der Waals surface area contributed by atoms with E-state index in [-0.39, 0.29) is 17.2 Å². The molecule has 0 spiro atoms. The van der Waals surface area contributed by atoms with E-state index >= 15 is 0 Å². The standard InChI is InChI=1S/C21H39N3O2/c1-5-17-16-24(20(26)21(2,3)4)13-9-18(17)15-19(25)22-10-14-23-11-7-6-8-12-23/h17-18H,5-16H2,1-4H3,(H,22,25)/p+1/t17-,18-/m0/s1. The molecule has 2 aliphatic heterocycles. The summed E-state index contributed by atoms with van der Waals surface area (Å²) in [4.78, 5) is 28.6. The van der Waals surface area contributed by atoms with E-state index < -0.39 is 0 Å². The average molecular weight is 367 g/mol. The van der Waals surface area contributed by atoms with Crippen LogP contribution in [0.5, 0.6) is 0 Å². The first-order chi connectivity index (χ1) is 12.3. The molecule has 2 aliphatic rings. The fourth-order valence-electron chi connectivity index (χ4n) is 4.46. The largest absolute Gasteiger partial charge is 0.350 e. The summed E-state index contributed by atoms with van der Waals surface area (Å²) in [6, 6.07) is 0. The summed E-state index contributed by atoms with van der Waals surface area (Å²) in [5.74, 6) is 1.28. The number of hydrogen-bond donors (Lipinski definition) is 2. The lowest BCUT2D eigenvalue weighted by molar-refractivity contribution is -0.903. The zero-order valence-corrected chi connectivity index (χ0v) is 17.4. The summed E-state index contributed by atoms with van der Waals surface area (Å²) < 4.78 is 0. The van der Waals surface area contributed by atoms with Gasteiger partial charge in [-0.15, -0.1) is 0 Å². The normalized spacial score (nSPS) is 25.2. The fraction of sp³-hybridized carbons (Fsp3) is 0.905. The number of likely N-dealkylation sites (tertiary alicyclic amines) is 2. The van der Waals surface area contributed by atoms with Gasteiger partial charge < -0.3 is 15.1 Å². The van der Waals surface area contributed by atoms with E-state index in [4.69, 9.17) is 0 Å². The minimum atomic E-state index is -0.320. The van der Waals surface area contributed by atoms with Gasteiger partial charge in [0.25, 0.3) is 0 Å². The number of piperidine rings is 2. The van der Waals surface area contributed by atoms with Gasteiger partial charge in [-0.05, 0) is 37.5 Å². The molecule has 5 nitrogen and oxygen atoms in total. The molecule has 0 aliphatic carbocycles. The molecule has 0 bridgehead atoms. The highest BCUT2D eigenvalue weighted by Crippen LogP contribution is 2.31. The third-order valence-electron chi connectivity index (χ3n) is 6.15. The summed E-state index contributed by atoms with van der Waals surface area (Å²) in [6.07, 6.45) is 6.62. The number of nitrogens with zero attached hydrogens (tertiary/aromatic N) is 1. The topological polar surface area (TPSA) is 53.9 Å². The van der Waals surface area contributed by atoms with Crippen molar-refractivity contribution in [3.63, 3.8) is 0 Å². The lowest BCUT2D eigenvalue weighted by atomic mass is 9.80. The highest BCUT2D eigenvalue weighted by atomic mass is 16.2. The van der Waals surface area contributed by atoms with Crippen molar-refractivity contribution in [3.8, 4) is 0 Å². The second-order valence-electron chi connectivity index (χ2n) is 9.33. The molecular weight excluding hydrogens is 326 g/mol. The molecule has 26 heavy (non-hydrogen) atoms. The zero-order valence-electron chi connectivity index (χ0n) is 17.4. The fourth-order valence-corrected chi connectivity index (χ4v) is 4.46. The van der Waals surface area contributed by atoms with E-state index in [0.717, 1.165) is 39.0 Å². The van der Waals surface area contributed by atoms with E-state index in [0.29, 0.717) is 18.3 Å². The molecule has 2 N–H and O–H groups in total. The van der Waals surface area contributed by atoms with Gasteiger partial charge in [0, 0.05) is 24.9 Å². The lowest BCUT2D eigenvalue weighted by Gasteiger charge is -2.40. The molecule has 2 atom stereocenters. The van der Waals surface area contributed by atoms with E-state index in [1.54, 1.807) is 4.90 Å². The van der Waals surface area contributed by atoms with Crippen LogP contribution in [0, 0.1) is 17.3 Å². The van der Waals surface area contributed by atoms with Crippen molar-refractivity contribution in [2.75, 3.05) is 39.3 Å². The Morgan fingerprint density at radius 1 is 1.12 bits per heavy atom. The van der Waals surface area contributed by atoms with Gasteiger partial charge in [0.05, 0.1) is 26.2 Å². The minimum Gasteiger partial charge on any atom is -0.350 e. The van der Waals surface area contributed by atoms with Crippen molar-refractivity contribution in [2.45, 2.75) is 66.2 Å². The maximum Gasteiger partial charge on any atom is 0.227 e. The molecule has 150 valence electrons. The van der Waals surface area contributed by atoms with E-state index in [2.05, 4.69) is 12.2 Å². The summed E-state index contributed by atoms with van der Waals surface area (Å²) in [5, 5.41) is 3.14. The average Bonchev–Trinajstić information content (AvgIpc) is 2.61. The SMILES string of the molecule is CC[C@H]1CN(C(=O)C(C)(C)C)CC[C@H]1CC(=O)NCC[NH+]1CCCCC1. The number of quaternary nitrogens is 1. The van der Waals surface area contributed by atoms with Crippen LogP contribution in [-0.4, -0.2) is 56.0 Å². The third kappa shape index (κ3) is 6.26. The number of hydrogen-bond acceptors (Lipinski definition) is 2. The molecule has 2 amide bonds. The van der Waals surface area contributed by atoms with Gasteiger partial charge in [-0.2, -0.15) is 0 Å². The molecule has 0 aromatic carbocycles. The number of carbonyl (C=O) groups is 2. The molecule has 2 saturated heterocycles. The lowest BCUT2D eigenvalue weighted by Crippen LogP contribution is -3.13. The summed E-state index contributed by atoms with van der Waals surface area (Å²) in [7, 11) is 0. The van der Waals surface area contributed by atoms with Gasteiger partial charge in [-0.3, -0.25) is 9.59 Å². The second-order valence-corrected chi connectivity index (χ2v) is 9.33. The number of carbonyl (C=O) groups excluding carboxylic acids is 2. The smallest absolute Gasteiger partial charge is 0.227 e. The highest BCUT2D eigenvalue weighted by molar-refractivity contribution is 5.81. The van der Waals surface area contributed by atoms with Crippen molar-refractivity contribution in [2.24, 2.45) is 17.3 Å². The molecule has 0 unspecified atom stereocenters. The number of amides is 2. The Morgan fingerprint density at radius 2 is 1.81 bits per heavy atom. The van der Waals surface area contributed by atoms with Crippen LogP contribution >= 0.6 is 0 Å². The summed E-state index contributed by atoms with van der Waals surface area (Å²) >= 11 is 0. The molecule has 0 radical (unpaired) electrons. The molecule has 0 aromatic heterocycles. The maximum absolute atomic E-state index is 12.5. The molecular formula is C21H40N3O2+. The van der Waals surface area contributed by atoms with Gasteiger partial charge >= 0.3 is 0 Å². The first-order valence-corrected chi connectivity index (χ1v) is 10.7. The van der Waals surface area contributed by atoms with Crippen LogP contribution in [0.3, 0.4) is 0 Å². The van der Waals surface area contributed by atoms with Crippen LogP contribution in [0.2, 0.25) is 0 Å². The van der Waals surface area contributed by atoms with Gasteiger partial charge in [-0.25, -0.2) is 0 Å². The highest BCUT2D eigenvalue weighted by Gasteiger charge is 2.35. The van der Waals surface area contributed by atoms with Crippen molar-refractivity contribution in [1.82, 2.24) is 10.2 Å². The monoisotopic (exact) mass is 366 g/mol. The Morgan fingerprint density at radius 3 is 2.42 bits per heavy atom. The van der Waals surface area contributed by atoms with Crippen molar-refractivity contribution in [1.29, 1.82) is 0 Å². The Balaban J connectivity index is 1.74. The predicted molar refractivity (Wildman–Crippen MR) is 105 cm³/mol.